The molecule has 1 N–H and O–H groups in total. The maximum absolute atomic E-state index is 11.3. The van der Waals surface area contributed by atoms with Crippen LogP contribution in [0.2, 0.25) is 10.0 Å². The predicted octanol–water partition coefficient (Wildman–Crippen LogP) is 3.01. The van der Waals surface area contributed by atoms with Gasteiger partial charge in [-0.1, -0.05) is 34.8 Å². The lowest BCUT2D eigenvalue weighted by molar-refractivity contribution is -0.144. The largest absolute Gasteiger partial charge is 0.480 e. The molecule has 1 unspecified atom stereocenters. The molecule has 1 aromatic carbocycles. The number of piperidine rings is 1. The van der Waals surface area contributed by atoms with Gasteiger partial charge in [0.2, 0.25) is 0 Å². The molecule has 0 amide bonds. The summed E-state index contributed by atoms with van der Waals surface area (Å²) >= 11 is 12.1. The Morgan fingerprint density at radius 3 is 2.91 bits per heavy atom. The summed E-state index contributed by atoms with van der Waals surface area (Å²) in [6.45, 7) is 1.22. The Morgan fingerprint density at radius 2 is 2.17 bits per heavy atom. The second kappa shape index (κ2) is 6.86. The predicted molar refractivity (Wildman–Crippen MR) is 87.1 cm³/mol. The molecule has 2 heterocycles. The van der Waals surface area contributed by atoms with Gasteiger partial charge in [-0.05, 0) is 37.6 Å². The van der Waals surface area contributed by atoms with Gasteiger partial charge in [0.1, 0.15) is 6.04 Å². The summed E-state index contributed by atoms with van der Waals surface area (Å²) in [7, 11) is 0. The van der Waals surface area contributed by atoms with E-state index in [0.717, 1.165) is 19.4 Å². The number of nitrogens with zero attached hydrogens (tertiary/aromatic N) is 4. The van der Waals surface area contributed by atoms with Gasteiger partial charge in [-0.15, -0.1) is 5.10 Å². The van der Waals surface area contributed by atoms with Crippen molar-refractivity contribution in [3.8, 4) is 5.69 Å². The summed E-state index contributed by atoms with van der Waals surface area (Å²) in [6.07, 6.45) is 4.39. The van der Waals surface area contributed by atoms with Gasteiger partial charge in [-0.2, -0.15) is 0 Å². The lowest BCUT2D eigenvalue weighted by Gasteiger charge is -2.31. The van der Waals surface area contributed by atoms with Crippen LogP contribution in [0.25, 0.3) is 5.69 Å². The lowest BCUT2D eigenvalue weighted by Crippen LogP contribution is -2.44. The molecule has 8 heteroatoms. The Labute approximate surface area is 143 Å². The Morgan fingerprint density at radius 1 is 1.35 bits per heavy atom. The fourth-order valence-corrected chi connectivity index (χ4v) is 3.32. The van der Waals surface area contributed by atoms with Crippen molar-refractivity contribution in [2.75, 3.05) is 6.54 Å². The van der Waals surface area contributed by atoms with Crippen LogP contribution in [0.1, 0.15) is 25.0 Å². The van der Waals surface area contributed by atoms with E-state index in [-0.39, 0.29) is 0 Å². The number of carboxylic acids is 1. The first-order valence-corrected chi connectivity index (χ1v) is 8.13. The number of likely N-dealkylation sites (tertiary alicyclic amines) is 1. The molecule has 6 nitrogen and oxygen atoms in total. The summed E-state index contributed by atoms with van der Waals surface area (Å²) in [5, 5.41) is 18.6. The van der Waals surface area contributed by atoms with Gasteiger partial charge in [-0.25, -0.2) is 4.68 Å². The number of carboxylic acid groups (broad SMARTS) is 1. The number of carbonyl (C=O) groups is 1. The fraction of sp³-hybridized carbons (Fsp3) is 0.400. The van der Waals surface area contributed by atoms with Gasteiger partial charge in [0.05, 0.1) is 22.6 Å². The Bertz CT molecular complexity index is 719. The topological polar surface area (TPSA) is 71.2 Å². The van der Waals surface area contributed by atoms with Crippen LogP contribution in [0.4, 0.5) is 0 Å². The lowest BCUT2D eigenvalue weighted by atomic mass is 10.0. The van der Waals surface area contributed by atoms with E-state index in [1.54, 1.807) is 29.1 Å². The second-order valence-electron chi connectivity index (χ2n) is 5.57. The molecule has 3 rings (SSSR count). The van der Waals surface area contributed by atoms with E-state index in [9.17, 15) is 9.90 Å². The number of benzene rings is 1. The highest BCUT2D eigenvalue weighted by Crippen LogP contribution is 2.24. The third-order valence-electron chi connectivity index (χ3n) is 3.96. The molecular weight excluding hydrogens is 339 g/mol. The molecule has 1 atom stereocenters. The summed E-state index contributed by atoms with van der Waals surface area (Å²) in [4.78, 5) is 13.3. The minimum atomic E-state index is -0.780. The molecule has 1 aliphatic heterocycles. The Kier molecular flexibility index (Phi) is 4.84. The van der Waals surface area contributed by atoms with E-state index < -0.39 is 12.0 Å². The van der Waals surface area contributed by atoms with Crippen molar-refractivity contribution in [2.45, 2.75) is 31.8 Å². The molecule has 122 valence electrons. The first-order valence-electron chi connectivity index (χ1n) is 7.38. The molecule has 0 bridgehead atoms. The molecule has 1 aromatic heterocycles. The van der Waals surface area contributed by atoms with Gasteiger partial charge in [0.25, 0.3) is 0 Å². The van der Waals surface area contributed by atoms with E-state index >= 15 is 0 Å². The Balaban J connectivity index is 1.77. The van der Waals surface area contributed by atoms with Gasteiger partial charge >= 0.3 is 5.97 Å². The van der Waals surface area contributed by atoms with Crippen LogP contribution in [0.5, 0.6) is 0 Å². The van der Waals surface area contributed by atoms with E-state index in [1.165, 1.54) is 0 Å². The Hall–Kier alpha value is -1.63. The van der Waals surface area contributed by atoms with Crippen LogP contribution in [0, 0.1) is 0 Å². The molecule has 1 saturated heterocycles. The molecule has 2 aromatic rings. The van der Waals surface area contributed by atoms with E-state index in [1.807, 2.05) is 4.90 Å². The summed E-state index contributed by atoms with van der Waals surface area (Å²) in [5.41, 5.74) is 1.40. The number of hydrogen-bond donors (Lipinski definition) is 1. The average molecular weight is 355 g/mol. The van der Waals surface area contributed by atoms with E-state index in [0.29, 0.717) is 34.4 Å². The SMILES string of the molecule is O=C(O)C1CCCCN1Cc1cn(-c2ccc(Cl)cc2Cl)nn1. The highest BCUT2D eigenvalue weighted by molar-refractivity contribution is 6.35. The number of rotatable bonds is 4. The monoisotopic (exact) mass is 354 g/mol. The van der Waals surface area contributed by atoms with Crippen molar-refractivity contribution in [3.63, 3.8) is 0 Å². The van der Waals surface area contributed by atoms with Crippen molar-refractivity contribution in [3.05, 3.63) is 40.1 Å². The first-order chi connectivity index (χ1) is 11.0. The normalized spacial score (nSPS) is 19.0. The summed E-state index contributed by atoms with van der Waals surface area (Å²) in [5.74, 6) is -0.780. The quantitative estimate of drug-likeness (QED) is 0.913. The summed E-state index contributed by atoms with van der Waals surface area (Å²) < 4.78 is 1.58. The highest BCUT2D eigenvalue weighted by atomic mass is 35.5. The zero-order valence-corrected chi connectivity index (χ0v) is 13.8. The zero-order chi connectivity index (χ0) is 16.4. The van der Waals surface area contributed by atoms with Crippen molar-refractivity contribution < 1.29 is 9.90 Å². The molecule has 23 heavy (non-hydrogen) atoms. The van der Waals surface area contributed by atoms with Crippen molar-refractivity contribution in [1.82, 2.24) is 19.9 Å². The summed E-state index contributed by atoms with van der Waals surface area (Å²) in [6, 6.07) is 4.69. The number of halogens is 2. The number of hydrogen-bond acceptors (Lipinski definition) is 4. The number of aliphatic carboxylic acids is 1. The van der Waals surface area contributed by atoms with E-state index in [4.69, 9.17) is 23.2 Å². The van der Waals surface area contributed by atoms with Crippen LogP contribution < -0.4 is 0 Å². The fourth-order valence-electron chi connectivity index (χ4n) is 2.82. The minimum absolute atomic E-state index is 0.451. The van der Waals surface area contributed by atoms with Crippen LogP contribution in [0.15, 0.2) is 24.4 Å². The molecule has 0 radical (unpaired) electrons. The maximum Gasteiger partial charge on any atom is 0.320 e. The molecule has 0 spiro atoms. The molecule has 1 fully saturated rings. The van der Waals surface area contributed by atoms with Gasteiger partial charge in [0.15, 0.2) is 0 Å². The first kappa shape index (κ1) is 16.2. The van der Waals surface area contributed by atoms with Crippen molar-refractivity contribution >= 4 is 29.2 Å². The van der Waals surface area contributed by atoms with Crippen LogP contribution in [0.3, 0.4) is 0 Å². The zero-order valence-electron chi connectivity index (χ0n) is 12.3. The third kappa shape index (κ3) is 3.65. The molecule has 0 saturated carbocycles. The maximum atomic E-state index is 11.3. The minimum Gasteiger partial charge on any atom is -0.480 e. The highest BCUT2D eigenvalue weighted by Gasteiger charge is 2.28. The van der Waals surface area contributed by atoms with Gasteiger partial charge in [-0.3, -0.25) is 9.69 Å². The standard InChI is InChI=1S/C15H16Cl2N4O2/c16-10-4-5-13(12(17)7-10)21-9-11(18-19-21)8-20-6-2-1-3-14(20)15(22)23/h4-5,7,9,14H,1-3,6,8H2,(H,22,23). The van der Waals surface area contributed by atoms with Gasteiger partial charge < -0.3 is 5.11 Å². The second-order valence-corrected chi connectivity index (χ2v) is 6.41. The van der Waals surface area contributed by atoms with E-state index in [2.05, 4.69) is 10.3 Å². The van der Waals surface area contributed by atoms with Crippen molar-refractivity contribution in [1.29, 1.82) is 0 Å². The molecule has 1 aliphatic rings. The van der Waals surface area contributed by atoms with Crippen molar-refractivity contribution in [2.24, 2.45) is 0 Å². The third-order valence-corrected chi connectivity index (χ3v) is 4.50. The number of aromatic nitrogens is 3. The van der Waals surface area contributed by atoms with Crippen LogP contribution in [-0.2, 0) is 11.3 Å². The van der Waals surface area contributed by atoms with Gasteiger partial charge in [0, 0.05) is 11.6 Å². The smallest absolute Gasteiger partial charge is 0.320 e. The van der Waals surface area contributed by atoms with Crippen LogP contribution in [-0.4, -0.2) is 43.6 Å². The van der Waals surface area contributed by atoms with Crippen LogP contribution >= 0.6 is 23.2 Å². The molecular formula is C15H16Cl2N4O2. The molecule has 0 aliphatic carbocycles. The average Bonchev–Trinajstić information content (AvgIpc) is 2.96.